The van der Waals surface area contributed by atoms with Crippen molar-refractivity contribution in [2.75, 3.05) is 0 Å². The van der Waals surface area contributed by atoms with Gasteiger partial charge in [0, 0.05) is 24.3 Å². The molecule has 0 amide bonds. The molecule has 0 atom stereocenters. The van der Waals surface area contributed by atoms with Crippen LogP contribution in [0.25, 0.3) is 0 Å². The number of nitro groups is 2. The molecule has 16 nitrogen and oxygen atoms in total. The summed E-state index contributed by atoms with van der Waals surface area (Å²) >= 11 is 0. The molecule has 0 aromatic heterocycles. The first-order chi connectivity index (χ1) is 12.0. The van der Waals surface area contributed by atoms with Gasteiger partial charge in [-0.15, -0.1) is 0 Å². The Bertz CT molecular complexity index is 831. The molecule has 0 spiro atoms. The Kier molecular flexibility index (Phi) is 19.5. The normalized spacial score (nSPS) is 8.00. The summed E-state index contributed by atoms with van der Waals surface area (Å²) < 4.78 is 0. The van der Waals surface area contributed by atoms with E-state index in [0.29, 0.717) is 12.1 Å². The van der Waals surface area contributed by atoms with Gasteiger partial charge in [0.25, 0.3) is 11.4 Å². The number of nitrogens with zero attached hydrogens (tertiary/aromatic N) is 2. The number of rotatable bonds is 4. The van der Waals surface area contributed by atoms with Crippen molar-refractivity contribution in [1.82, 2.24) is 0 Å². The Hall–Kier alpha value is -3.87. The summed E-state index contributed by atoms with van der Waals surface area (Å²) in [6.45, 7) is 0. The summed E-state index contributed by atoms with van der Waals surface area (Å²) in [6, 6.07) is 5.16. The Morgan fingerprint density at radius 3 is 1.10 bits per heavy atom. The van der Waals surface area contributed by atoms with E-state index < -0.39 is 55.8 Å². The molecule has 0 saturated carbocycles. The fourth-order valence-electron chi connectivity index (χ4n) is 1.60. The quantitative estimate of drug-likeness (QED) is 0.244. The van der Waals surface area contributed by atoms with Crippen LogP contribution in [0.2, 0.25) is 0 Å². The largest absolute Gasteiger partial charge is 2.00 e. The van der Waals surface area contributed by atoms with E-state index in [0.717, 1.165) is 24.3 Å². The van der Waals surface area contributed by atoms with Gasteiger partial charge in [-0.1, -0.05) is 11.5 Å². The maximum atomic E-state index is 10.9. The molecule has 2 rings (SSSR count). The molecule has 0 saturated heterocycles. The maximum Gasteiger partial charge on any atom is 2.00 e. The fraction of sp³-hybridized carbons (Fsp3) is 0. The molecule has 0 aliphatic heterocycles. The first-order valence-corrected chi connectivity index (χ1v) is 6.42. The van der Waals surface area contributed by atoms with Gasteiger partial charge in [-0.2, -0.15) is 0 Å². The molecule has 17 heteroatoms. The van der Waals surface area contributed by atoms with E-state index in [1.807, 2.05) is 0 Å². The fourth-order valence-corrected chi connectivity index (χ4v) is 1.60. The molecule has 0 bridgehead atoms. The van der Waals surface area contributed by atoms with Gasteiger partial charge in [-0.05, 0) is 12.1 Å². The summed E-state index contributed by atoms with van der Waals surface area (Å²) in [5, 5.41) is 59.0. The van der Waals surface area contributed by atoms with E-state index >= 15 is 0 Å². The molecule has 0 aliphatic carbocycles. The third kappa shape index (κ3) is 10.5. The zero-order chi connectivity index (χ0) is 20.0. The van der Waals surface area contributed by atoms with Crippen molar-refractivity contribution in [1.29, 1.82) is 0 Å². The van der Waals surface area contributed by atoms with Gasteiger partial charge in [0.1, 0.15) is 0 Å². The monoisotopic (exact) mass is 499 g/mol. The standard InChI is InChI=1S/2C7H5NO5.Co.4H2O/c2*9-6-3-4(8(12)13)1-2-5(6)7(10)11;;;;;/h2*1-3,9H,(H,10,11);;4*1H2/q;;+2;;;;/p+2. The van der Waals surface area contributed by atoms with Crippen molar-refractivity contribution in [3.05, 3.63) is 67.8 Å². The van der Waals surface area contributed by atoms with Crippen LogP contribution in [-0.2, 0) is 38.7 Å². The average molecular weight is 499 g/mol. The van der Waals surface area contributed by atoms with Gasteiger partial charge in [0.2, 0.25) is 0 Å². The first kappa shape index (κ1) is 37.8. The predicted octanol–water partition coefficient (Wildman–Crippen LogP) is -2.96. The van der Waals surface area contributed by atoms with Crippen LogP contribution in [-0.4, -0.2) is 32.0 Å². The third-order valence-electron chi connectivity index (χ3n) is 2.81. The van der Waals surface area contributed by atoms with Crippen molar-refractivity contribution >= 4 is 23.3 Å². The minimum atomic E-state index is -1.39. The van der Waals surface area contributed by atoms with Crippen LogP contribution in [0.4, 0.5) is 11.4 Å². The zero-order valence-corrected chi connectivity index (χ0v) is 16.2. The summed E-state index contributed by atoms with van der Waals surface area (Å²) in [5.41, 5.74) is -1.75. The van der Waals surface area contributed by atoms with E-state index in [2.05, 4.69) is 0 Å². The van der Waals surface area contributed by atoms with Crippen molar-refractivity contribution in [3.8, 4) is 11.5 Å². The Morgan fingerprint density at radius 1 is 0.677 bits per heavy atom. The molecule has 1 radical (unpaired) electrons. The Balaban J connectivity index is -0.000000125. The molecule has 31 heavy (non-hydrogen) atoms. The molecule has 0 heterocycles. The van der Waals surface area contributed by atoms with E-state index in [1.54, 1.807) is 0 Å². The minimum Gasteiger partial charge on any atom is -0.872 e. The smallest absolute Gasteiger partial charge is 0.872 e. The van der Waals surface area contributed by atoms with Crippen LogP contribution in [0, 0.1) is 20.2 Å². The number of carboxylic acid groups (broad SMARTS) is 2. The molecular formula is C14H20CoN2O14+4. The number of hydrogen-bond acceptors (Lipinski definition) is 8. The second-order valence-corrected chi connectivity index (χ2v) is 4.49. The summed E-state index contributed by atoms with van der Waals surface area (Å²) in [6.07, 6.45) is 0. The van der Waals surface area contributed by atoms with Gasteiger partial charge in [-0.25, -0.2) is 9.59 Å². The average Bonchev–Trinajstić information content (AvgIpc) is 2.54. The van der Waals surface area contributed by atoms with E-state index in [1.165, 1.54) is 0 Å². The van der Waals surface area contributed by atoms with Gasteiger partial charge >= 0.3 is 28.7 Å². The number of benzene rings is 2. The molecule has 0 aliphatic rings. The number of nitro benzene ring substituents is 2. The van der Waals surface area contributed by atoms with Crippen LogP contribution >= 0.6 is 0 Å². The third-order valence-corrected chi connectivity index (χ3v) is 2.81. The van der Waals surface area contributed by atoms with Crippen molar-refractivity contribution in [2.24, 2.45) is 0 Å². The van der Waals surface area contributed by atoms with E-state index in [9.17, 15) is 40.0 Å². The molecule has 2 aromatic rings. The van der Waals surface area contributed by atoms with Crippen LogP contribution in [0.3, 0.4) is 0 Å². The van der Waals surface area contributed by atoms with Crippen LogP contribution in [0.1, 0.15) is 20.7 Å². The van der Waals surface area contributed by atoms with Crippen LogP contribution < -0.4 is 10.2 Å². The molecule has 0 fully saturated rings. The minimum absolute atomic E-state index is 0. The number of non-ortho nitro benzene ring substituents is 2. The second-order valence-electron chi connectivity index (χ2n) is 4.49. The van der Waals surface area contributed by atoms with Gasteiger partial charge in [0.15, 0.2) is 0 Å². The molecular weight excluding hydrogens is 479 g/mol. The Labute approximate surface area is 181 Å². The molecule has 175 valence electrons. The number of carbonyl (C=O) groups is 2. The van der Waals surface area contributed by atoms with Crippen LogP contribution in [0.15, 0.2) is 36.4 Å². The number of aromatic carboxylic acids is 2. The van der Waals surface area contributed by atoms with Gasteiger partial charge in [0.05, 0.1) is 21.0 Å². The maximum absolute atomic E-state index is 10.9. The molecule has 14 N–H and O–H groups in total. The SMILES string of the molecule is O=C(O)c1ccc([N+](=O)[O-])cc1[O-].O=C(O)c1ccc([N+](=O)[O-])cc1[O-].[Co+2].[OH3+].[OH3+].[OH3+].[OH3+]. The van der Waals surface area contributed by atoms with Crippen molar-refractivity contribution < 1.29 is 78.5 Å². The van der Waals surface area contributed by atoms with E-state index in [4.69, 9.17) is 10.2 Å². The summed E-state index contributed by atoms with van der Waals surface area (Å²) in [7, 11) is 0. The van der Waals surface area contributed by atoms with Gasteiger partial charge in [-0.3, -0.25) is 20.2 Å². The Morgan fingerprint density at radius 2 is 0.935 bits per heavy atom. The zero-order valence-electron chi connectivity index (χ0n) is 15.2. The first-order valence-electron chi connectivity index (χ1n) is 6.42. The predicted molar refractivity (Wildman–Crippen MR) is 98.5 cm³/mol. The van der Waals surface area contributed by atoms with Gasteiger partial charge < -0.3 is 42.3 Å². The second kappa shape index (κ2) is 16.0. The van der Waals surface area contributed by atoms with Crippen molar-refractivity contribution in [3.63, 3.8) is 0 Å². The topological polar surface area (TPSA) is 339 Å². The number of hydrogen-bond donors (Lipinski definition) is 2. The molecule has 0 unspecified atom stereocenters. The summed E-state index contributed by atoms with van der Waals surface area (Å²) in [5.74, 6) is -4.50. The van der Waals surface area contributed by atoms with Crippen LogP contribution in [0.5, 0.6) is 11.5 Å². The molecule has 2 aromatic carbocycles. The summed E-state index contributed by atoms with van der Waals surface area (Å²) in [4.78, 5) is 39.5. The van der Waals surface area contributed by atoms with Crippen molar-refractivity contribution in [2.45, 2.75) is 0 Å². The number of carboxylic acids is 2. The van der Waals surface area contributed by atoms with E-state index in [-0.39, 0.29) is 38.7 Å².